The minimum atomic E-state index is -3.20. The van der Waals surface area contributed by atoms with E-state index in [9.17, 15) is 8.42 Å². The Morgan fingerprint density at radius 1 is 1.03 bits per heavy atom. The molecule has 8 heteroatoms. The van der Waals surface area contributed by atoms with E-state index >= 15 is 0 Å². The average Bonchev–Trinajstić information content (AvgIpc) is 2.61. The summed E-state index contributed by atoms with van der Waals surface area (Å²) in [6, 6.07) is 13.7. The van der Waals surface area contributed by atoms with Gasteiger partial charge in [0.15, 0.2) is 15.8 Å². The molecular weight excluding hydrogens is 499 g/mol. The Bertz CT molecular complexity index is 943. The van der Waals surface area contributed by atoms with Gasteiger partial charge in [0.2, 0.25) is 0 Å². The van der Waals surface area contributed by atoms with Gasteiger partial charge in [-0.25, -0.2) is 8.42 Å². The van der Waals surface area contributed by atoms with Crippen LogP contribution in [0.3, 0.4) is 0 Å². The molecule has 0 spiro atoms. The van der Waals surface area contributed by atoms with Crippen molar-refractivity contribution in [1.29, 1.82) is 0 Å². The normalized spacial score (nSPS) is 11.9. The smallest absolute Gasteiger partial charge is 0.191 e. The monoisotopic (exact) mass is 530 g/mol. The van der Waals surface area contributed by atoms with Crippen molar-refractivity contribution in [3.63, 3.8) is 0 Å². The first-order valence-corrected chi connectivity index (χ1v) is 11.1. The lowest BCUT2D eigenvalue weighted by molar-refractivity contribution is 0.400. The molecule has 0 radical (unpaired) electrons. The maximum absolute atomic E-state index is 11.7. The van der Waals surface area contributed by atoms with Crippen LogP contribution in [-0.4, -0.2) is 46.7 Å². The summed E-state index contributed by atoms with van der Waals surface area (Å²) in [5.74, 6) is 0.699. The number of hydrogen-bond donors (Lipinski definition) is 2. The maximum Gasteiger partial charge on any atom is 0.191 e. The highest BCUT2D eigenvalue weighted by molar-refractivity contribution is 14.0. The molecule has 0 saturated heterocycles. The average molecular weight is 530 g/mol. The van der Waals surface area contributed by atoms with Crippen LogP contribution in [0.2, 0.25) is 0 Å². The molecule has 2 aromatic rings. The zero-order valence-electron chi connectivity index (χ0n) is 17.7. The first-order chi connectivity index (χ1) is 13.2. The topological polar surface area (TPSA) is 73.8 Å². The quantitative estimate of drug-likeness (QED) is 0.327. The van der Waals surface area contributed by atoms with E-state index in [2.05, 4.69) is 52.8 Å². The number of nitrogens with one attached hydrogen (secondary N) is 2. The molecule has 2 rings (SSSR count). The number of halogens is 1. The molecule has 2 aromatic carbocycles. The van der Waals surface area contributed by atoms with E-state index in [4.69, 9.17) is 0 Å². The lowest BCUT2D eigenvalue weighted by atomic mass is 10.1. The SMILES string of the molecule is CN=C(NCc1ccc(S(C)(=O)=O)c(C)c1)NCc1ccccc1CN(C)C.I. The Kier molecular flexibility index (Phi) is 10.1. The number of guanidine groups is 1. The summed E-state index contributed by atoms with van der Waals surface area (Å²) in [6.07, 6.45) is 1.23. The number of aliphatic imine (C=N–C) groups is 1. The van der Waals surface area contributed by atoms with Gasteiger partial charge in [0.05, 0.1) is 4.90 Å². The van der Waals surface area contributed by atoms with Crippen LogP contribution < -0.4 is 10.6 Å². The van der Waals surface area contributed by atoms with Crippen LogP contribution in [0.25, 0.3) is 0 Å². The van der Waals surface area contributed by atoms with Crippen molar-refractivity contribution in [3.05, 3.63) is 64.7 Å². The van der Waals surface area contributed by atoms with Gasteiger partial charge in [-0.15, -0.1) is 24.0 Å². The van der Waals surface area contributed by atoms with Crippen LogP contribution in [0, 0.1) is 6.92 Å². The fourth-order valence-corrected chi connectivity index (χ4v) is 4.01. The number of aryl methyl sites for hydroxylation is 1. The van der Waals surface area contributed by atoms with E-state index in [-0.39, 0.29) is 24.0 Å². The molecule has 0 aliphatic carbocycles. The third-order valence-corrected chi connectivity index (χ3v) is 5.63. The van der Waals surface area contributed by atoms with E-state index in [0.29, 0.717) is 23.9 Å². The van der Waals surface area contributed by atoms with Crippen molar-refractivity contribution in [2.75, 3.05) is 27.4 Å². The molecule has 0 fully saturated rings. The Labute approximate surface area is 191 Å². The molecule has 0 amide bonds. The van der Waals surface area contributed by atoms with Crippen molar-refractivity contribution < 1.29 is 8.42 Å². The third-order valence-electron chi connectivity index (χ3n) is 4.37. The molecule has 6 nitrogen and oxygen atoms in total. The van der Waals surface area contributed by atoms with Gasteiger partial charge in [0.1, 0.15) is 0 Å². The molecule has 0 atom stereocenters. The van der Waals surface area contributed by atoms with Crippen LogP contribution in [0.15, 0.2) is 52.4 Å². The molecule has 29 heavy (non-hydrogen) atoms. The first kappa shape index (κ1) is 25.4. The molecule has 160 valence electrons. The van der Waals surface area contributed by atoms with Crippen molar-refractivity contribution in [3.8, 4) is 0 Å². The second kappa shape index (κ2) is 11.5. The molecule has 0 aromatic heterocycles. The van der Waals surface area contributed by atoms with Gasteiger partial charge in [-0.2, -0.15) is 0 Å². The lowest BCUT2D eigenvalue weighted by Gasteiger charge is -2.16. The zero-order valence-corrected chi connectivity index (χ0v) is 20.8. The van der Waals surface area contributed by atoms with E-state index in [1.54, 1.807) is 13.1 Å². The van der Waals surface area contributed by atoms with Gasteiger partial charge in [0, 0.05) is 32.9 Å². The van der Waals surface area contributed by atoms with Crippen molar-refractivity contribution in [2.24, 2.45) is 4.99 Å². The summed E-state index contributed by atoms with van der Waals surface area (Å²) in [6.45, 7) is 3.93. The highest BCUT2D eigenvalue weighted by atomic mass is 127. The van der Waals surface area contributed by atoms with Gasteiger partial charge in [0.25, 0.3) is 0 Å². The largest absolute Gasteiger partial charge is 0.352 e. The van der Waals surface area contributed by atoms with Gasteiger partial charge >= 0.3 is 0 Å². The molecule has 0 aliphatic rings. The van der Waals surface area contributed by atoms with Gasteiger partial charge in [-0.1, -0.05) is 36.4 Å². The second-order valence-corrected chi connectivity index (χ2v) is 9.14. The Morgan fingerprint density at radius 3 is 2.21 bits per heavy atom. The van der Waals surface area contributed by atoms with E-state index in [1.165, 1.54) is 17.4 Å². The van der Waals surface area contributed by atoms with E-state index in [0.717, 1.165) is 17.7 Å². The summed E-state index contributed by atoms with van der Waals surface area (Å²) < 4.78 is 23.5. The van der Waals surface area contributed by atoms with Crippen molar-refractivity contribution in [1.82, 2.24) is 15.5 Å². The number of nitrogens with zero attached hydrogens (tertiary/aromatic N) is 2. The van der Waals surface area contributed by atoms with Crippen LogP contribution in [0.5, 0.6) is 0 Å². The van der Waals surface area contributed by atoms with Gasteiger partial charge in [-0.05, 0) is 49.3 Å². The highest BCUT2D eigenvalue weighted by Crippen LogP contribution is 2.16. The van der Waals surface area contributed by atoms with Gasteiger partial charge < -0.3 is 15.5 Å². The predicted molar refractivity (Wildman–Crippen MR) is 131 cm³/mol. The maximum atomic E-state index is 11.7. The summed E-state index contributed by atoms with van der Waals surface area (Å²) in [5, 5.41) is 6.62. The fraction of sp³-hybridized carbons (Fsp3) is 0.381. The summed E-state index contributed by atoms with van der Waals surface area (Å²) in [5.41, 5.74) is 4.26. The number of rotatable bonds is 7. The second-order valence-electron chi connectivity index (χ2n) is 7.16. The first-order valence-electron chi connectivity index (χ1n) is 9.16. The van der Waals surface area contributed by atoms with Crippen molar-refractivity contribution >= 4 is 39.8 Å². The fourth-order valence-electron chi connectivity index (χ4n) is 3.05. The van der Waals surface area contributed by atoms with E-state index in [1.807, 2.05) is 25.1 Å². The summed E-state index contributed by atoms with van der Waals surface area (Å²) in [7, 11) is 2.65. The predicted octanol–water partition coefficient (Wildman–Crippen LogP) is 2.94. The van der Waals surface area contributed by atoms with Crippen LogP contribution in [0.1, 0.15) is 22.3 Å². The Hall–Kier alpha value is -1.65. The molecular formula is C21H31IN4O2S. The highest BCUT2D eigenvalue weighted by Gasteiger charge is 2.11. The Balaban J connectivity index is 0.00000420. The summed E-state index contributed by atoms with van der Waals surface area (Å²) in [4.78, 5) is 6.79. The Morgan fingerprint density at radius 2 is 1.66 bits per heavy atom. The molecule has 0 heterocycles. The third kappa shape index (κ3) is 7.94. The molecule has 0 aliphatic heterocycles. The molecule has 0 unspecified atom stereocenters. The molecule has 0 saturated carbocycles. The van der Waals surface area contributed by atoms with Crippen LogP contribution in [-0.2, 0) is 29.5 Å². The molecule has 0 bridgehead atoms. The summed E-state index contributed by atoms with van der Waals surface area (Å²) >= 11 is 0. The molecule has 2 N–H and O–H groups in total. The standard InChI is InChI=1S/C21H30N4O2S.HI/c1-16-12-17(10-11-20(16)28(5,26)27)13-23-21(22-2)24-14-18-8-6-7-9-19(18)15-25(3)4;/h6-12H,13-15H2,1-5H3,(H2,22,23,24);1H. The zero-order chi connectivity index (χ0) is 20.7. The minimum Gasteiger partial charge on any atom is -0.352 e. The van der Waals surface area contributed by atoms with Crippen LogP contribution in [0.4, 0.5) is 0 Å². The van der Waals surface area contributed by atoms with Crippen molar-refractivity contribution in [2.45, 2.75) is 31.5 Å². The van der Waals surface area contributed by atoms with E-state index < -0.39 is 9.84 Å². The lowest BCUT2D eigenvalue weighted by Crippen LogP contribution is -2.36. The van der Waals surface area contributed by atoms with Crippen LogP contribution >= 0.6 is 24.0 Å². The number of hydrogen-bond acceptors (Lipinski definition) is 4. The minimum absolute atomic E-state index is 0. The number of benzene rings is 2. The number of sulfone groups is 1. The van der Waals surface area contributed by atoms with Gasteiger partial charge in [-0.3, -0.25) is 4.99 Å².